The van der Waals surface area contributed by atoms with Crippen LogP contribution in [-0.2, 0) is 38.0 Å². The molecule has 0 aliphatic rings. The summed E-state index contributed by atoms with van der Waals surface area (Å²) in [6.07, 6.45) is -6.21. The Labute approximate surface area is 199 Å². The molecule has 0 bridgehead atoms. The van der Waals surface area contributed by atoms with Crippen LogP contribution in [0.15, 0.2) is 48.3 Å². The molecule has 0 unspecified atom stereocenters. The molecule has 7 nitrogen and oxygen atoms in total. The third-order valence-electron chi connectivity index (χ3n) is 4.76. The number of nitrogens with zero attached hydrogens (tertiary/aromatic N) is 3. The lowest BCUT2D eigenvalue weighted by molar-refractivity contribution is -0.162. The lowest BCUT2D eigenvalue weighted by Crippen LogP contribution is -2.12. The average Bonchev–Trinajstić information content (AvgIpc) is 3.13. The van der Waals surface area contributed by atoms with Crippen LogP contribution in [0.3, 0.4) is 0 Å². The van der Waals surface area contributed by atoms with Crippen molar-refractivity contribution in [3.05, 3.63) is 70.6 Å². The molecule has 0 aliphatic carbocycles. The van der Waals surface area contributed by atoms with Gasteiger partial charge in [0.05, 0.1) is 11.1 Å². The molecule has 36 heavy (non-hydrogen) atoms. The molecule has 1 aromatic carbocycles. The van der Waals surface area contributed by atoms with Crippen molar-refractivity contribution >= 4 is 29.0 Å². The van der Waals surface area contributed by atoms with Gasteiger partial charge in [0.25, 0.3) is 0 Å². The monoisotopic (exact) mass is 511 g/mol. The second-order valence-corrected chi connectivity index (χ2v) is 7.36. The van der Waals surface area contributed by atoms with E-state index in [9.17, 15) is 41.2 Å². The van der Waals surface area contributed by atoms with Crippen molar-refractivity contribution in [3.63, 3.8) is 0 Å². The minimum Gasteiger partial charge on any atom is -0.428 e. The lowest BCUT2D eigenvalue weighted by Gasteiger charge is -2.14. The van der Waals surface area contributed by atoms with E-state index in [-0.39, 0.29) is 22.8 Å². The topological polar surface area (TPSA) is 94.2 Å². The Bertz CT molecular complexity index is 1350. The molecular weight excluding hydrogens is 496 g/mol. The summed E-state index contributed by atoms with van der Waals surface area (Å²) in [4.78, 5) is 27.0. The first-order valence-corrected chi connectivity index (χ1v) is 9.94. The normalized spacial score (nSPS) is 12.3. The fourth-order valence-electron chi connectivity index (χ4n) is 3.23. The van der Waals surface area contributed by atoms with E-state index in [4.69, 9.17) is 0 Å². The molecule has 2 heterocycles. The van der Waals surface area contributed by atoms with Crippen LogP contribution < -0.4 is 0 Å². The number of alkyl halides is 6. The highest BCUT2D eigenvalue weighted by Gasteiger charge is 2.37. The molecule has 0 spiro atoms. The van der Waals surface area contributed by atoms with Gasteiger partial charge in [0.2, 0.25) is 6.79 Å². The molecule has 0 saturated heterocycles. The molecule has 13 heteroatoms. The highest BCUT2D eigenvalue weighted by Crippen LogP contribution is 2.36. The zero-order valence-electron chi connectivity index (χ0n) is 18.3. The fraction of sp³-hybridized carbons (Fsp3) is 0.217. The van der Waals surface area contributed by atoms with E-state index in [0.717, 1.165) is 13.0 Å². The van der Waals surface area contributed by atoms with Gasteiger partial charge in [-0.05, 0) is 42.0 Å². The van der Waals surface area contributed by atoms with Crippen LogP contribution in [0.25, 0.3) is 17.1 Å². The number of nitriles is 1. The van der Waals surface area contributed by atoms with E-state index in [1.165, 1.54) is 29.1 Å². The highest BCUT2D eigenvalue weighted by molar-refractivity contribution is 6.00. The van der Waals surface area contributed by atoms with E-state index in [1.54, 1.807) is 6.07 Å². The smallest absolute Gasteiger partial charge is 0.416 e. The molecule has 0 N–H and O–H groups in total. The molecule has 0 amide bonds. The number of ether oxygens (including phenoxy) is 2. The Morgan fingerprint density at radius 1 is 1.08 bits per heavy atom. The molecule has 188 valence electrons. The number of pyridine rings is 1. The minimum absolute atomic E-state index is 0.0321. The maximum atomic E-state index is 13.2. The van der Waals surface area contributed by atoms with Crippen LogP contribution in [0.5, 0.6) is 0 Å². The second kappa shape index (κ2) is 10.1. The number of fused-ring (bicyclic) bond motifs is 1. The maximum Gasteiger partial charge on any atom is 0.416 e. The van der Waals surface area contributed by atoms with Gasteiger partial charge in [-0.25, -0.2) is 9.78 Å². The summed E-state index contributed by atoms with van der Waals surface area (Å²) in [5, 5.41) is 9.69. The van der Waals surface area contributed by atoms with Crippen LogP contribution in [0.4, 0.5) is 26.3 Å². The first-order valence-electron chi connectivity index (χ1n) is 9.94. The van der Waals surface area contributed by atoms with Crippen molar-refractivity contribution in [2.75, 3.05) is 6.79 Å². The summed E-state index contributed by atoms with van der Waals surface area (Å²) in [7, 11) is 0. The standard InChI is InChI=1S/C23H15F6N3O4/c1-13(33)35-12-36-21(34)15(9-30)7-16-11-32(20-19(16)3-2-4-31-20)10-14-5-17(22(24,25)26)8-18(6-14)23(27,28)29/h2-8,11H,10,12H2,1H3/b15-7+. The van der Waals surface area contributed by atoms with Gasteiger partial charge in [-0.1, -0.05) is 0 Å². The Kier molecular flexibility index (Phi) is 7.37. The predicted molar refractivity (Wildman–Crippen MR) is 112 cm³/mol. The number of halogens is 6. The lowest BCUT2D eigenvalue weighted by atomic mass is 10.0. The minimum atomic E-state index is -5.00. The molecular formula is C23H15F6N3O4. The number of esters is 2. The first kappa shape index (κ1) is 26.3. The largest absolute Gasteiger partial charge is 0.428 e. The number of carbonyl (C=O) groups excluding carboxylic acids is 2. The van der Waals surface area contributed by atoms with Gasteiger partial charge in [-0.3, -0.25) is 4.79 Å². The van der Waals surface area contributed by atoms with Crippen molar-refractivity contribution in [1.29, 1.82) is 5.26 Å². The van der Waals surface area contributed by atoms with E-state index in [1.807, 2.05) is 0 Å². The summed E-state index contributed by atoms with van der Waals surface area (Å²) in [6.45, 7) is -0.0699. The van der Waals surface area contributed by atoms with Gasteiger partial charge < -0.3 is 14.0 Å². The van der Waals surface area contributed by atoms with Gasteiger partial charge in [0, 0.05) is 36.8 Å². The quantitative estimate of drug-likeness (QED) is 0.150. The number of aromatic nitrogens is 2. The summed E-state index contributed by atoms with van der Waals surface area (Å²) in [5.41, 5.74) is -3.30. The van der Waals surface area contributed by atoms with Crippen molar-refractivity contribution in [2.24, 2.45) is 0 Å². The average molecular weight is 511 g/mol. The van der Waals surface area contributed by atoms with E-state index in [0.29, 0.717) is 17.5 Å². The third kappa shape index (κ3) is 6.21. The van der Waals surface area contributed by atoms with Crippen LogP contribution in [-0.4, -0.2) is 28.3 Å². The zero-order chi connectivity index (χ0) is 26.7. The first-order chi connectivity index (χ1) is 16.8. The molecule has 3 aromatic rings. The fourth-order valence-corrected chi connectivity index (χ4v) is 3.23. The van der Waals surface area contributed by atoms with Crippen molar-refractivity contribution < 1.29 is 45.4 Å². The van der Waals surface area contributed by atoms with E-state index in [2.05, 4.69) is 14.5 Å². The van der Waals surface area contributed by atoms with Gasteiger partial charge in [-0.2, -0.15) is 31.6 Å². The maximum absolute atomic E-state index is 13.2. The number of rotatable bonds is 6. The number of benzene rings is 1. The molecule has 0 aliphatic heterocycles. The van der Waals surface area contributed by atoms with Crippen molar-refractivity contribution in [3.8, 4) is 6.07 Å². The van der Waals surface area contributed by atoms with Crippen LogP contribution >= 0.6 is 0 Å². The Morgan fingerprint density at radius 3 is 2.28 bits per heavy atom. The van der Waals surface area contributed by atoms with Gasteiger partial charge in [-0.15, -0.1) is 0 Å². The van der Waals surface area contributed by atoms with E-state index >= 15 is 0 Å². The zero-order valence-corrected chi connectivity index (χ0v) is 18.3. The van der Waals surface area contributed by atoms with Crippen LogP contribution in [0, 0.1) is 11.3 Å². The van der Waals surface area contributed by atoms with Gasteiger partial charge in [0.15, 0.2) is 0 Å². The van der Waals surface area contributed by atoms with Crippen molar-refractivity contribution in [2.45, 2.75) is 25.8 Å². The van der Waals surface area contributed by atoms with Crippen molar-refractivity contribution in [1.82, 2.24) is 9.55 Å². The van der Waals surface area contributed by atoms with E-state index < -0.39 is 54.3 Å². The third-order valence-corrected chi connectivity index (χ3v) is 4.76. The predicted octanol–water partition coefficient (Wildman–Crippen LogP) is 5.09. The van der Waals surface area contributed by atoms with Gasteiger partial charge in [0.1, 0.15) is 17.3 Å². The highest BCUT2D eigenvalue weighted by atomic mass is 19.4. The second-order valence-electron chi connectivity index (χ2n) is 7.36. The molecule has 3 rings (SSSR count). The number of hydrogen-bond acceptors (Lipinski definition) is 6. The number of hydrogen-bond donors (Lipinski definition) is 0. The summed E-state index contributed by atoms with van der Waals surface area (Å²) in [6, 6.07) is 5.92. The molecule has 2 aromatic heterocycles. The Morgan fingerprint density at radius 2 is 1.72 bits per heavy atom. The molecule has 0 radical (unpaired) electrons. The van der Waals surface area contributed by atoms with Crippen LogP contribution in [0.1, 0.15) is 29.2 Å². The SMILES string of the molecule is CC(=O)OCOC(=O)/C(C#N)=C/c1cn(Cc2cc(C(F)(F)F)cc(C(F)(F)F)c2)c2ncccc12. The molecule has 0 atom stereocenters. The Hall–Kier alpha value is -4.34. The Balaban J connectivity index is 2.03. The number of carbonyl (C=O) groups is 2. The van der Waals surface area contributed by atoms with Crippen LogP contribution in [0.2, 0.25) is 0 Å². The molecule has 0 fully saturated rings. The molecule has 0 saturated carbocycles. The summed E-state index contributed by atoms with van der Waals surface area (Å²) < 4.78 is 89.8. The van der Waals surface area contributed by atoms with Gasteiger partial charge >= 0.3 is 24.3 Å². The summed E-state index contributed by atoms with van der Waals surface area (Å²) >= 11 is 0. The summed E-state index contributed by atoms with van der Waals surface area (Å²) in [5.74, 6) is -1.83.